The van der Waals surface area contributed by atoms with E-state index in [4.69, 9.17) is 0 Å². The van der Waals surface area contributed by atoms with E-state index in [9.17, 15) is 18.7 Å². The minimum absolute atomic E-state index is 0.183. The molecule has 0 aliphatic rings. The van der Waals surface area contributed by atoms with E-state index in [0.717, 1.165) is 27.5 Å². The SMILES string of the molecule is O=C(NCc1ccc([C@H](O)c2ccsc2)s1)Nc1c(F)cccc1F. The van der Waals surface area contributed by atoms with E-state index >= 15 is 0 Å². The summed E-state index contributed by atoms with van der Waals surface area (Å²) < 4.78 is 27.0. The van der Waals surface area contributed by atoms with Crippen LogP contribution in [-0.2, 0) is 6.54 Å². The quantitative estimate of drug-likeness (QED) is 0.611. The zero-order valence-corrected chi connectivity index (χ0v) is 14.5. The molecule has 25 heavy (non-hydrogen) atoms. The Bertz CT molecular complexity index is 845. The van der Waals surface area contributed by atoms with Crippen molar-refractivity contribution in [2.24, 2.45) is 0 Å². The number of amides is 2. The van der Waals surface area contributed by atoms with Crippen molar-refractivity contribution in [2.45, 2.75) is 12.6 Å². The van der Waals surface area contributed by atoms with Gasteiger partial charge < -0.3 is 15.7 Å². The van der Waals surface area contributed by atoms with Crippen molar-refractivity contribution >= 4 is 34.4 Å². The second-order valence-electron chi connectivity index (χ2n) is 5.17. The Hall–Kier alpha value is -2.29. The van der Waals surface area contributed by atoms with Gasteiger partial charge in [0.05, 0.1) is 6.54 Å². The van der Waals surface area contributed by atoms with Crippen LogP contribution in [0.1, 0.15) is 21.4 Å². The van der Waals surface area contributed by atoms with E-state index in [1.54, 1.807) is 12.1 Å². The number of urea groups is 1. The van der Waals surface area contributed by atoms with Gasteiger partial charge in [0.2, 0.25) is 0 Å². The van der Waals surface area contributed by atoms with Crippen molar-refractivity contribution in [1.29, 1.82) is 0 Å². The fourth-order valence-electron chi connectivity index (χ4n) is 2.17. The molecule has 0 fully saturated rings. The first kappa shape index (κ1) is 17.5. The normalized spacial score (nSPS) is 12.0. The standard InChI is InChI=1S/C17H14F2N2O2S2/c18-12-2-1-3-13(19)15(12)21-17(23)20-8-11-4-5-14(25-11)16(22)10-6-7-24-9-10/h1-7,9,16,22H,8H2,(H2,20,21,23)/t16-/m1/s1. The van der Waals surface area contributed by atoms with Crippen LogP contribution >= 0.6 is 22.7 Å². The number of benzene rings is 1. The highest BCUT2D eigenvalue weighted by Crippen LogP contribution is 2.29. The van der Waals surface area contributed by atoms with E-state index in [0.29, 0.717) is 0 Å². The minimum atomic E-state index is -0.840. The zero-order valence-electron chi connectivity index (χ0n) is 12.8. The van der Waals surface area contributed by atoms with Crippen LogP contribution in [0.3, 0.4) is 0 Å². The lowest BCUT2D eigenvalue weighted by Gasteiger charge is -2.08. The highest BCUT2D eigenvalue weighted by molar-refractivity contribution is 7.12. The molecular formula is C17H14F2N2O2S2. The third-order valence-corrected chi connectivity index (χ3v) is 5.27. The second kappa shape index (κ2) is 7.73. The number of para-hydroxylation sites is 1. The van der Waals surface area contributed by atoms with Crippen molar-refractivity contribution in [2.75, 3.05) is 5.32 Å². The molecule has 2 heterocycles. The topological polar surface area (TPSA) is 61.4 Å². The summed E-state index contributed by atoms with van der Waals surface area (Å²) in [6.07, 6.45) is -0.702. The molecule has 0 saturated carbocycles. The van der Waals surface area contributed by atoms with E-state index in [1.807, 2.05) is 16.8 Å². The third-order valence-electron chi connectivity index (χ3n) is 3.44. The van der Waals surface area contributed by atoms with Crippen molar-refractivity contribution in [3.63, 3.8) is 0 Å². The molecule has 0 spiro atoms. The summed E-state index contributed by atoms with van der Waals surface area (Å²) in [5.41, 5.74) is 0.332. The Kier molecular flexibility index (Phi) is 5.42. The molecule has 130 valence electrons. The smallest absolute Gasteiger partial charge is 0.319 e. The highest BCUT2D eigenvalue weighted by atomic mass is 32.1. The molecule has 0 radical (unpaired) electrons. The predicted molar refractivity (Wildman–Crippen MR) is 94.9 cm³/mol. The van der Waals surface area contributed by atoms with Gasteiger partial charge >= 0.3 is 6.03 Å². The van der Waals surface area contributed by atoms with Crippen LogP contribution in [-0.4, -0.2) is 11.1 Å². The maximum absolute atomic E-state index is 13.5. The van der Waals surface area contributed by atoms with Gasteiger partial charge in [-0.15, -0.1) is 11.3 Å². The average Bonchev–Trinajstić information content (AvgIpc) is 3.27. The zero-order chi connectivity index (χ0) is 17.8. The number of halogens is 2. The van der Waals surface area contributed by atoms with Crippen LogP contribution in [0.5, 0.6) is 0 Å². The molecule has 1 atom stereocenters. The number of nitrogens with one attached hydrogen (secondary N) is 2. The number of carbonyl (C=O) groups excluding carboxylic acids is 1. The Morgan fingerprint density at radius 1 is 1.16 bits per heavy atom. The molecule has 0 saturated heterocycles. The van der Waals surface area contributed by atoms with Gasteiger partial charge in [-0.1, -0.05) is 6.07 Å². The molecule has 0 bridgehead atoms. The van der Waals surface area contributed by atoms with Gasteiger partial charge in [-0.2, -0.15) is 11.3 Å². The lowest BCUT2D eigenvalue weighted by molar-refractivity contribution is 0.224. The van der Waals surface area contributed by atoms with E-state index in [2.05, 4.69) is 10.6 Å². The monoisotopic (exact) mass is 380 g/mol. The first-order chi connectivity index (χ1) is 12.0. The van der Waals surface area contributed by atoms with E-state index < -0.39 is 29.5 Å². The van der Waals surface area contributed by atoms with Crippen molar-refractivity contribution in [1.82, 2.24) is 5.32 Å². The molecular weight excluding hydrogens is 366 g/mol. The number of hydrogen-bond donors (Lipinski definition) is 3. The minimum Gasteiger partial charge on any atom is -0.383 e. The Labute approximate surface area is 150 Å². The largest absolute Gasteiger partial charge is 0.383 e. The van der Waals surface area contributed by atoms with Crippen LogP contribution < -0.4 is 10.6 Å². The van der Waals surface area contributed by atoms with Gasteiger partial charge in [-0.05, 0) is 46.7 Å². The summed E-state index contributed by atoms with van der Waals surface area (Å²) in [6, 6.07) is 8.07. The van der Waals surface area contributed by atoms with Gasteiger partial charge in [0.15, 0.2) is 0 Å². The molecule has 2 aromatic heterocycles. The molecule has 3 aromatic rings. The van der Waals surface area contributed by atoms with Crippen LogP contribution in [0.4, 0.5) is 19.3 Å². The molecule has 3 rings (SSSR count). The van der Waals surface area contributed by atoms with Gasteiger partial charge in [0, 0.05) is 9.75 Å². The number of aliphatic hydroxyl groups excluding tert-OH is 1. The molecule has 0 unspecified atom stereocenters. The Morgan fingerprint density at radius 3 is 2.60 bits per heavy atom. The number of anilines is 1. The number of carbonyl (C=O) groups is 1. The van der Waals surface area contributed by atoms with E-state index in [-0.39, 0.29) is 6.54 Å². The predicted octanol–water partition coefficient (Wildman–Crippen LogP) is 4.49. The van der Waals surface area contributed by atoms with Gasteiger partial charge in [-0.3, -0.25) is 0 Å². The number of rotatable bonds is 5. The number of hydrogen-bond acceptors (Lipinski definition) is 4. The Morgan fingerprint density at radius 2 is 1.92 bits per heavy atom. The lowest BCUT2D eigenvalue weighted by Crippen LogP contribution is -2.28. The fraction of sp³-hybridized carbons (Fsp3) is 0.118. The van der Waals surface area contributed by atoms with Crippen LogP contribution in [0, 0.1) is 11.6 Å². The van der Waals surface area contributed by atoms with Crippen LogP contribution in [0.2, 0.25) is 0 Å². The maximum Gasteiger partial charge on any atom is 0.319 e. The maximum atomic E-state index is 13.5. The van der Waals surface area contributed by atoms with Crippen molar-refractivity contribution in [3.05, 3.63) is 74.1 Å². The van der Waals surface area contributed by atoms with Crippen LogP contribution in [0.15, 0.2) is 47.2 Å². The lowest BCUT2D eigenvalue weighted by atomic mass is 10.2. The molecule has 3 N–H and O–H groups in total. The third kappa shape index (κ3) is 4.22. The van der Waals surface area contributed by atoms with Gasteiger partial charge in [0.25, 0.3) is 0 Å². The number of aliphatic hydroxyl groups is 1. The molecule has 0 aliphatic heterocycles. The first-order valence-electron chi connectivity index (χ1n) is 7.32. The Balaban J connectivity index is 1.58. The molecule has 1 aromatic carbocycles. The fourth-order valence-corrected chi connectivity index (χ4v) is 3.82. The van der Waals surface area contributed by atoms with Crippen molar-refractivity contribution < 1.29 is 18.7 Å². The first-order valence-corrected chi connectivity index (χ1v) is 9.08. The summed E-state index contributed by atoms with van der Waals surface area (Å²) in [6.45, 7) is 0.183. The summed E-state index contributed by atoms with van der Waals surface area (Å²) >= 11 is 2.86. The van der Waals surface area contributed by atoms with Gasteiger partial charge in [0.1, 0.15) is 23.4 Å². The summed E-state index contributed by atoms with van der Waals surface area (Å²) in [5, 5.41) is 18.7. The number of thiophene rings is 2. The molecule has 4 nitrogen and oxygen atoms in total. The molecule has 8 heteroatoms. The van der Waals surface area contributed by atoms with E-state index in [1.165, 1.54) is 28.7 Å². The highest BCUT2D eigenvalue weighted by Gasteiger charge is 2.15. The summed E-state index contributed by atoms with van der Waals surface area (Å²) in [4.78, 5) is 13.4. The summed E-state index contributed by atoms with van der Waals surface area (Å²) in [7, 11) is 0. The van der Waals surface area contributed by atoms with Crippen molar-refractivity contribution in [3.8, 4) is 0 Å². The summed E-state index contributed by atoms with van der Waals surface area (Å²) in [5.74, 6) is -1.68. The second-order valence-corrected chi connectivity index (χ2v) is 7.15. The molecule has 0 aliphatic carbocycles. The van der Waals surface area contributed by atoms with Gasteiger partial charge in [-0.25, -0.2) is 13.6 Å². The molecule has 2 amide bonds. The average molecular weight is 380 g/mol. The van der Waals surface area contributed by atoms with Crippen LogP contribution in [0.25, 0.3) is 0 Å².